The topological polar surface area (TPSA) is 67.6 Å². The number of benzene rings is 2. The Bertz CT molecular complexity index is 661. The van der Waals surface area contributed by atoms with Crippen LogP contribution >= 0.6 is 0 Å². The van der Waals surface area contributed by atoms with Crippen LogP contribution in [-0.2, 0) is 0 Å². The van der Waals surface area contributed by atoms with Crippen LogP contribution in [0.4, 0.5) is 17.1 Å². The largest absolute Gasteiger partial charge is 0.490 e. The van der Waals surface area contributed by atoms with Gasteiger partial charge < -0.3 is 15.0 Å². The van der Waals surface area contributed by atoms with Crippen molar-refractivity contribution in [1.82, 2.24) is 0 Å². The van der Waals surface area contributed by atoms with Gasteiger partial charge in [0.15, 0.2) is 5.75 Å². The highest BCUT2D eigenvalue weighted by atomic mass is 16.6. The molecule has 1 atom stereocenters. The van der Waals surface area contributed by atoms with E-state index in [1.807, 2.05) is 25.2 Å². The van der Waals surface area contributed by atoms with Gasteiger partial charge in [0.25, 0.3) is 0 Å². The van der Waals surface area contributed by atoms with Crippen LogP contribution < -0.4 is 15.0 Å². The van der Waals surface area contributed by atoms with Crippen LogP contribution in [0.2, 0.25) is 0 Å². The number of anilines is 2. The number of nitro benzene ring substituents is 1. The molecular formula is C17H21N3O3. The number of hydrogen-bond acceptors (Lipinski definition) is 5. The number of hydrogen-bond donors (Lipinski definition) is 1. The highest BCUT2D eigenvalue weighted by Gasteiger charge is 2.15. The predicted molar refractivity (Wildman–Crippen MR) is 92.4 cm³/mol. The quantitative estimate of drug-likeness (QED) is 0.625. The molecule has 2 aromatic carbocycles. The molecule has 1 unspecified atom stereocenters. The van der Waals surface area contributed by atoms with Crippen LogP contribution in [0, 0.1) is 10.1 Å². The average Bonchev–Trinajstić information content (AvgIpc) is 2.59. The number of methoxy groups -OCH3 is 1. The molecule has 1 N–H and O–H groups in total. The standard InChI is InChI=1S/C17H21N3O3/c1-13(19(2)15-7-5-4-6-8-15)12-18-14-9-10-16(20(21)22)17(11-14)23-3/h4-11,13,18H,12H2,1-3H3. The predicted octanol–water partition coefficient (Wildman–Crippen LogP) is 3.54. The summed E-state index contributed by atoms with van der Waals surface area (Å²) in [5, 5.41) is 14.2. The van der Waals surface area contributed by atoms with Crippen LogP contribution in [0.5, 0.6) is 5.75 Å². The van der Waals surface area contributed by atoms with E-state index in [9.17, 15) is 10.1 Å². The van der Waals surface area contributed by atoms with Crippen molar-refractivity contribution in [2.24, 2.45) is 0 Å². The summed E-state index contributed by atoms with van der Waals surface area (Å²) in [5.74, 6) is 0.254. The first-order chi connectivity index (χ1) is 11.0. The van der Waals surface area contributed by atoms with Gasteiger partial charge in [-0.3, -0.25) is 10.1 Å². The monoisotopic (exact) mass is 315 g/mol. The second kappa shape index (κ2) is 7.49. The van der Waals surface area contributed by atoms with Gasteiger partial charge in [-0.05, 0) is 25.1 Å². The van der Waals surface area contributed by atoms with E-state index in [4.69, 9.17) is 4.74 Å². The molecule has 23 heavy (non-hydrogen) atoms. The minimum atomic E-state index is -0.450. The fourth-order valence-electron chi connectivity index (χ4n) is 2.26. The maximum atomic E-state index is 10.9. The Balaban J connectivity index is 2.01. The first-order valence-electron chi connectivity index (χ1n) is 7.37. The van der Waals surface area contributed by atoms with E-state index in [0.29, 0.717) is 6.54 Å². The molecule has 0 aromatic heterocycles. The van der Waals surface area contributed by atoms with E-state index in [1.54, 1.807) is 12.1 Å². The lowest BCUT2D eigenvalue weighted by Gasteiger charge is -2.27. The van der Waals surface area contributed by atoms with E-state index in [1.165, 1.54) is 13.2 Å². The molecule has 0 aliphatic rings. The van der Waals surface area contributed by atoms with Gasteiger partial charge in [-0.25, -0.2) is 0 Å². The lowest BCUT2D eigenvalue weighted by molar-refractivity contribution is -0.385. The Morgan fingerprint density at radius 3 is 2.57 bits per heavy atom. The second-order valence-electron chi connectivity index (χ2n) is 5.32. The van der Waals surface area contributed by atoms with Crippen molar-refractivity contribution in [1.29, 1.82) is 0 Å². The van der Waals surface area contributed by atoms with Crippen LogP contribution in [0.25, 0.3) is 0 Å². The third kappa shape index (κ3) is 4.12. The molecule has 0 heterocycles. The molecule has 0 bridgehead atoms. The van der Waals surface area contributed by atoms with E-state index in [-0.39, 0.29) is 17.5 Å². The molecule has 2 rings (SSSR count). The summed E-state index contributed by atoms with van der Waals surface area (Å²) in [4.78, 5) is 12.6. The molecule has 0 radical (unpaired) electrons. The average molecular weight is 315 g/mol. The van der Waals surface area contributed by atoms with E-state index in [2.05, 4.69) is 29.3 Å². The van der Waals surface area contributed by atoms with Gasteiger partial charge in [-0.15, -0.1) is 0 Å². The summed E-state index contributed by atoms with van der Waals surface area (Å²) in [6.07, 6.45) is 0. The Hall–Kier alpha value is -2.76. The Morgan fingerprint density at radius 1 is 1.26 bits per heavy atom. The van der Waals surface area contributed by atoms with E-state index in [0.717, 1.165) is 11.4 Å². The second-order valence-corrected chi connectivity index (χ2v) is 5.32. The maximum absolute atomic E-state index is 10.9. The van der Waals surface area contributed by atoms with Crippen molar-refractivity contribution in [3.8, 4) is 5.75 Å². The molecule has 0 fully saturated rings. The molecule has 122 valence electrons. The molecule has 6 heteroatoms. The minimum absolute atomic E-state index is 0.0347. The van der Waals surface area contributed by atoms with Gasteiger partial charge in [-0.2, -0.15) is 0 Å². The number of nitrogens with one attached hydrogen (secondary N) is 1. The van der Waals surface area contributed by atoms with Crippen molar-refractivity contribution in [3.63, 3.8) is 0 Å². The van der Waals surface area contributed by atoms with Crippen molar-refractivity contribution in [2.75, 3.05) is 30.9 Å². The molecular weight excluding hydrogens is 294 g/mol. The number of ether oxygens (including phenoxy) is 1. The molecule has 0 aliphatic carbocycles. The molecule has 2 aromatic rings. The molecule has 0 saturated heterocycles. The molecule has 6 nitrogen and oxygen atoms in total. The Morgan fingerprint density at radius 2 is 1.96 bits per heavy atom. The number of likely N-dealkylation sites (N-methyl/N-ethyl adjacent to an activating group) is 1. The molecule has 0 aliphatic heterocycles. The third-order valence-corrected chi connectivity index (χ3v) is 3.80. The van der Waals surface area contributed by atoms with Crippen molar-refractivity contribution in [3.05, 3.63) is 58.6 Å². The van der Waals surface area contributed by atoms with Gasteiger partial charge >= 0.3 is 5.69 Å². The number of rotatable bonds is 7. The third-order valence-electron chi connectivity index (χ3n) is 3.80. The summed E-state index contributed by atoms with van der Waals surface area (Å²) < 4.78 is 5.08. The zero-order chi connectivity index (χ0) is 16.8. The fraction of sp³-hybridized carbons (Fsp3) is 0.294. The Kier molecular flexibility index (Phi) is 5.41. The van der Waals surface area contributed by atoms with E-state index >= 15 is 0 Å². The summed E-state index contributed by atoms with van der Waals surface area (Å²) in [7, 11) is 3.47. The van der Waals surface area contributed by atoms with E-state index < -0.39 is 4.92 Å². The Labute approximate surface area is 135 Å². The number of para-hydroxylation sites is 1. The zero-order valence-corrected chi connectivity index (χ0v) is 13.5. The summed E-state index contributed by atoms with van der Waals surface area (Å²) in [6, 6.07) is 15.2. The van der Waals surface area contributed by atoms with Gasteiger partial charge in [0, 0.05) is 43.1 Å². The summed E-state index contributed by atoms with van der Waals surface area (Å²) in [6.45, 7) is 2.81. The fourth-order valence-corrected chi connectivity index (χ4v) is 2.26. The number of nitrogens with zero attached hydrogens (tertiary/aromatic N) is 2. The lowest BCUT2D eigenvalue weighted by Crippen LogP contribution is -2.34. The minimum Gasteiger partial charge on any atom is -0.490 e. The SMILES string of the molecule is COc1cc(NCC(C)N(C)c2ccccc2)ccc1[N+](=O)[O-]. The van der Waals surface area contributed by atoms with Crippen LogP contribution in [-0.4, -0.2) is 31.7 Å². The first kappa shape index (κ1) is 16.6. The lowest BCUT2D eigenvalue weighted by atomic mass is 10.2. The van der Waals surface area contributed by atoms with Gasteiger partial charge in [-0.1, -0.05) is 18.2 Å². The van der Waals surface area contributed by atoms with Gasteiger partial charge in [0.05, 0.1) is 12.0 Å². The maximum Gasteiger partial charge on any atom is 0.311 e. The van der Waals surface area contributed by atoms with Crippen LogP contribution in [0.3, 0.4) is 0 Å². The molecule has 0 amide bonds. The highest BCUT2D eigenvalue weighted by Crippen LogP contribution is 2.29. The van der Waals surface area contributed by atoms with Gasteiger partial charge in [0.1, 0.15) is 0 Å². The van der Waals surface area contributed by atoms with Gasteiger partial charge in [0.2, 0.25) is 0 Å². The number of nitro groups is 1. The van der Waals surface area contributed by atoms with Crippen molar-refractivity contribution in [2.45, 2.75) is 13.0 Å². The van der Waals surface area contributed by atoms with Crippen LogP contribution in [0.15, 0.2) is 48.5 Å². The summed E-state index contributed by atoms with van der Waals surface area (Å²) in [5.41, 5.74) is 1.90. The first-order valence-corrected chi connectivity index (χ1v) is 7.37. The zero-order valence-electron chi connectivity index (χ0n) is 13.5. The van der Waals surface area contributed by atoms with Crippen molar-refractivity contribution >= 4 is 17.1 Å². The normalized spacial score (nSPS) is 11.6. The highest BCUT2D eigenvalue weighted by molar-refractivity contribution is 5.58. The van der Waals surface area contributed by atoms with Crippen LogP contribution in [0.1, 0.15) is 6.92 Å². The van der Waals surface area contributed by atoms with Crippen molar-refractivity contribution < 1.29 is 9.66 Å². The molecule has 0 spiro atoms. The molecule has 0 saturated carbocycles. The smallest absolute Gasteiger partial charge is 0.311 e. The summed E-state index contributed by atoms with van der Waals surface area (Å²) >= 11 is 0.